The van der Waals surface area contributed by atoms with Gasteiger partial charge in [-0.2, -0.15) is 0 Å². The third-order valence-corrected chi connectivity index (χ3v) is 5.00. The van der Waals surface area contributed by atoms with Crippen molar-refractivity contribution in [2.75, 3.05) is 0 Å². The van der Waals surface area contributed by atoms with Gasteiger partial charge in [0.2, 0.25) is 0 Å². The maximum atomic E-state index is 12.5. The van der Waals surface area contributed by atoms with Crippen LogP contribution in [0.25, 0.3) is 0 Å². The van der Waals surface area contributed by atoms with Gasteiger partial charge >= 0.3 is 5.97 Å². The van der Waals surface area contributed by atoms with Crippen LogP contribution in [0.2, 0.25) is 0 Å². The van der Waals surface area contributed by atoms with Crippen molar-refractivity contribution in [2.24, 2.45) is 17.3 Å². The number of hydrogen-bond donors (Lipinski definition) is 0. The van der Waals surface area contributed by atoms with E-state index in [9.17, 15) is 4.79 Å². The molecule has 2 aromatic carbocycles. The van der Waals surface area contributed by atoms with Gasteiger partial charge in [-0.25, -0.2) is 0 Å². The summed E-state index contributed by atoms with van der Waals surface area (Å²) in [6.45, 7) is 6.61. The third kappa shape index (κ3) is 4.16. The lowest BCUT2D eigenvalue weighted by Crippen LogP contribution is -2.10. The van der Waals surface area contributed by atoms with Gasteiger partial charge in [0.1, 0.15) is 18.1 Å². The molecule has 3 nitrogen and oxygen atoms in total. The monoisotopic (exact) mass is 350 g/mol. The summed E-state index contributed by atoms with van der Waals surface area (Å²) in [5.41, 5.74) is 0.909. The highest BCUT2D eigenvalue weighted by atomic mass is 16.5. The Labute approximate surface area is 155 Å². The van der Waals surface area contributed by atoms with Crippen LogP contribution in [-0.2, 0) is 16.1 Å². The van der Waals surface area contributed by atoms with Crippen molar-refractivity contribution >= 4 is 5.97 Å². The Morgan fingerprint density at radius 1 is 1.08 bits per heavy atom. The number of ether oxygens (including phenoxy) is 2. The SMILES string of the molecule is CCC=CC1C(C(=O)OCc2cccc(Oc3ccccc3)c2)C1(C)C. The van der Waals surface area contributed by atoms with Gasteiger partial charge in [0.25, 0.3) is 0 Å². The second-order valence-electron chi connectivity index (χ2n) is 7.33. The molecule has 0 saturated heterocycles. The number of carbonyl (C=O) groups excluding carboxylic acids is 1. The van der Waals surface area contributed by atoms with E-state index in [1.807, 2.05) is 54.6 Å². The van der Waals surface area contributed by atoms with E-state index in [1.54, 1.807) is 0 Å². The summed E-state index contributed by atoms with van der Waals surface area (Å²) in [6, 6.07) is 17.3. The molecule has 0 N–H and O–H groups in total. The molecule has 136 valence electrons. The number of rotatable bonds is 7. The molecule has 2 unspecified atom stereocenters. The summed E-state index contributed by atoms with van der Waals surface area (Å²) in [5.74, 6) is 1.64. The molecular weight excluding hydrogens is 324 g/mol. The van der Waals surface area contributed by atoms with E-state index in [4.69, 9.17) is 9.47 Å². The van der Waals surface area contributed by atoms with Crippen molar-refractivity contribution < 1.29 is 14.3 Å². The Morgan fingerprint density at radius 3 is 2.54 bits per heavy atom. The summed E-state index contributed by atoms with van der Waals surface area (Å²) in [7, 11) is 0. The summed E-state index contributed by atoms with van der Waals surface area (Å²) in [6.07, 6.45) is 5.27. The van der Waals surface area contributed by atoms with Crippen LogP contribution in [0.15, 0.2) is 66.7 Å². The van der Waals surface area contributed by atoms with Gasteiger partial charge in [0, 0.05) is 0 Å². The van der Waals surface area contributed by atoms with Crippen molar-refractivity contribution in [1.29, 1.82) is 0 Å². The molecule has 1 aliphatic carbocycles. The van der Waals surface area contributed by atoms with Crippen LogP contribution in [0.3, 0.4) is 0 Å². The van der Waals surface area contributed by atoms with Gasteiger partial charge in [-0.1, -0.05) is 63.3 Å². The summed E-state index contributed by atoms with van der Waals surface area (Å²) in [4.78, 5) is 12.5. The first kappa shape index (κ1) is 18.2. The highest BCUT2D eigenvalue weighted by Gasteiger charge is 2.61. The van der Waals surface area contributed by atoms with E-state index < -0.39 is 0 Å². The second kappa shape index (κ2) is 7.77. The minimum atomic E-state index is -0.116. The molecule has 0 aliphatic heterocycles. The lowest BCUT2D eigenvalue weighted by atomic mass is 10.1. The van der Waals surface area contributed by atoms with Gasteiger partial charge < -0.3 is 9.47 Å². The molecule has 3 heteroatoms. The predicted molar refractivity (Wildman–Crippen MR) is 103 cm³/mol. The number of carbonyl (C=O) groups is 1. The molecule has 0 heterocycles. The molecule has 2 atom stereocenters. The molecule has 1 fully saturated rings. The number of benzene rings is 2. The van der Waals surface area contributed by atoms with Crippen molar-refractivity contribution in [1.82, 2.24) is 0 Å². The molecule has 1 aliphatic rings. The number of hydrogen-bond acceptors (Lipinski definition) is 3. The average Bonchev–Trinajstić information content (AvgIpc) is 3.19. The Morgan fingerprint density at radius 2 is 1.81 bits per heavy atom. The minimum Gasteiger partial charge on any atom is -0.461 e. The van der Waals surface area contributed by atoms with E-state index in [2.05, 4.69) is 32.9 Å². The van der Waals surface area contributed by atoms with Crippen LogP contribution >= 0.6 is 0 Å². The van der Waals surface area contributed by atoms with E-state index in [-0.39, 0.29) is 29.8 Å². The number of para-hydroxylation sites is 1. The van der Waals surface area contributed by atoms with E-state index in [1.165, 1.54) is 0 Å². The fourth-order valence-corrected chi connectivity index (χ4v) is 3.34. The molecule has 0 aromatic heterocycles. The fraction of sp³-hybridized carbons (Fsp3) is 0.348. The Hall–Kier alpha value is -2.55. The Balaban J connectivity index is 1.57. The molecule has 0 radical (unpaired) electrons. The number of esters is 1. The molecule has 0 spiro atoms. The third-order valence-electron chi connectivity index (χ3n) is 5.00. The molecule has 3 rings (SSSR count). The lowest BCUT2D eigenvalue weighted by molar-refractivity contribution is -0.147. The van der Waals surface area contributed by atoms with Crippen LogP contribution in [-0.4, -0.2) is 5.97 Å². The predicted octanol–water partition coefficient (Wildman–Crippen LogP) is 5.76. The number of allylic oxidation sites excluding steroid dienone is 2. The Kier molecular flexibility index (Phi) is 5.46. The smallest absolute Gasteiger partial charge is 0.310 e. The van der Waals surface area contributed by atoms with E-state index in [0.29, 0.717) is 0 Å². The normalized spacial score (nSPS) is 20.7. The van der Waals surface area contributed by atoms with Crippen molar-refractivity contribution in [3.05, 3.63) is 72.3 Å². The summed E-state index contributed by atoms with van der Waals surface area (Å²) < 4.78 is 11.4. The Bertz CT molecular complexity index is 777. The highest BCUT2D eigenvalue weighted by Crippen LogP contribution is 2.59. The van der Waals surface area contributed by atoms with Gasteiger partial charge in [-0.05, 0) is 47.6 Å². The standard InChI is InChI=1S/C23H26O3/c1-4-5-14-20-21(23(20,2)3)22(24)25-16-17-10-9-13-19(15-17)26-18-11-7-6-8-12-18/h5-15,20-21H,4,16H2,1-3H3. The van der Waals surface area contributed by atoms with E-state index in [0.717, 1.165) is 23.5 Å². The van der Waals surface area contributed by atoms with Gasteiger partial charge in [-0.15, -0.1) is 0 Å². The summed E-state index contributed by atoms with van der Waals surface area (Å²) in [5, 5.41) is 0. The van der Waals surface area contributed by atoms with Crippen molar-refractivity contribution in [3.8, 4) is 11.5 Å². The maximum absolute atomic E-state index is 12.5. The van der Waals surface area contributed by atoms with Gasteiger partial charge in [-0.3, -0.25) is 4.79 Å². The minimum absolute atomic E-state index is 0.0129. The van der Waals surface area contributed by atoms with Gasteiger partial charge in [0.05, 0.1) is 5.92 Å². The topological polar surface area (TPSA) is 35.5 Å². The molecule has 26 heavy (non-hydrogen) atoms. The van der Waals surface area contributed by atoms with Crippen LogP contribution < -0.4 is 4.74 Å². The lowest BCUT2D eigenvalue weighted by Gasteiger charge is -2.09. The first-order valence-corrected chi connectivity index (χ1v) is 9.17. The average molecular weight is 350 g/mol. The first-order valence-electron chi connectivity index (χ1n) is 9.17. The molecule has 2 aromatic rings. The zero-order valence-corrected chi connectivity index (χ0v) is 15.6. The maximum Gasteiger partial charge on any atom is 0.310 e. The van der Waals surface area contributed by atoms with E-state index >= 15 is 0 Å². The van der Waals surface area contributed by atoms with Crippen LogP contribution in [0.5, 0.6) is 11.5 Å². The van der Waals surface area contributed by atoms with Crippen molar-refractivity contribution in [3.63, 3.8) is 0 Å². The quantitative estimate of drug-likeness (QED) is 0.470. The van der Waals surface area contributed by atoms with Crippen LogP contribution in [0, 0.1) is 17.3 Å². The molecule has 0 amide bonds. The highest BCUT2D eigenvalue weighted by molar-refractivity contribution is 5.78. The van der Waals surface area contributed by atoms with Crippen molar-refractivity contribution in [2.45, 2.75) is 33.8 Å². The second-order valence-corrected chi connectivity index (χ2v) is 7.33. The van der Waals surface area contributed by atoms with Crippen LogP contribution in [0.4, 0.5) is 0 Å². The largest absolute Gasteiger partial charge is 0.461 e. The first-order chi connectivity index (χ1) is 12.5. The molecule has 1 saturated carbocycles. The van der Waals surface area contributed by atoms with Crippen LogP contribution in [0.1, 0.15) is 32.8 Å². The summed E-state index contributed by atoms with van der Waals surface area (Å²) >= 11 is 0. The zero-order chi connectivity index (χ0) is 18.6. The zero-order valence-electron chi connectivity index (χ0n) is 15.6. The molecular formula is C23H26O3. The fourth-order valence-electron chi connectivity index (χ4n) is 3.34. The van der Waals surface area contributed by atoms with Gasteiger partial charge in [0.15, 0.2) is 0 Å². The molecule has 0 bridgehead atoms.